The summed E-state index contributed by atoms with van der Waals surface area (Å²) in [6.07, 6.45) is 0.535. The molecule has 0 spiro atoms. The van der Waals surface area contributed by atoms with Gasteiger partial charge in [-0.2, -0.15) is 0 Å². The zero-order chi connectivity index (χ0) is 9.42. The van der Waals surface area contributed by atoms with Crippen molar-refractivity contribution in [2.75, 3.05) is 18.5 Å². The summed E-state index contributed by atoms with van der Waals surface area (Å²) in [6.45, 7) is 0.684. The van der Waals surface area contributed by atoms with Crippen molar-refractivity contribution in [2.45, 2.75) is 6.42 Å². The molecule has 0 atom stereocenters. The number of anilines is 1. The molecule has 68 valence electrons. The number of aromatic hydroxyl groups is 1. The predicted octanol–water partition coefficient (Wildman–Crippen LogP) is 1.41. The standard InChI is InChI=1S/C10H11NO2/c1-11-6-5-8(12)7-3-2-4-9(13)10(7)11/h2-4,13H,5-6H2,1H3. The largest absolute Gasteiger partial charge is 0.506 e. The van der Waals surface area contributed by atoms with Crippen LogP contribution in [0.2, 0.25) is 0 Å². The third-order valence-corrected chi connectivity index (χ3v) is 2.37. The Bertz CT molecular complexity index is 360. The number of benzene rings is 1. The molecular formula is C10H11NO2. The molecule has 0 unspecified atom stereocenters. The smallest absolute Gasteiger partial charge is 0.166 e. The summed E-state index contributed by atoms with van der Waals surface area (Å²) in [7, 11) is 1.88. The summed E-state index contributed by atoms with van der Waals surface area (Å²) in [5.74, 6) is 0.303. The fraction of sp³-hybridized carbons (Fsp3) is 0.300. The van der Waals surface area contributed by atoms with Crippen LogP contribution in [-0.2, 0) is 0 Å². The summed E-state index contributed by atoms with van der Waals surface area (Å²) < 4.78 is 0. The van der Waals surface area contributed by atoms with E-state index in [-0.39, 0.29) is 11.5 Å². The van der Waals surface area contributed by atoms with Crippen LogP contribution in [0.4, 0.5) is 5.69 Å². The zero-order valence-corrected chi connectivity index (χ0v) is 7.45. The van der Waals surface area contributed by atoms with Crippen LogP contribution in [0.1, 0.15) is 16.8 Å². The maximum absolute atomic E-state index is 11.4. The molecule has 0 saturated heterocycles. The van der Waals surface area contributed by atoms with Crippen molar-refractivity contribution in [1.29, 1.82) is 0 Å². The predicted molar refractivity (Wildman–Crippen MR) is 50.3 cm³/mol. The van der Waals surface area contributed by atoms with E-state index >= 15 is 0 Å². The molecule has 1 aromatic rings. The molecule has 0 aliphatic carbocycles. The number of carbonyl (C=O) groups is 1. The molecule has 0 bridgehead atoms. The third-order valence-electron chi connectivity index (χ3n) is 2.37. The van der Waals surface area contributed by atoms with Crippen molar-refractivity contribution in [3.8, 4) is 5.75 Å². The average molecular weight is 177 g/mol. The molecule has 1 aliphatic heterocycles. The molecule has 0 amide bonds. The molecule has 3 nitrogen and oxygen atoms in total. The number of hydrogen-bond donors (Lipinski definition) is 1. The second kappa shape index (κ2) is 2.76. The van der Waals surface area contributed by atoms with Crippen molar-refractivity contribution in [3.63, 3.8) is 0 Å². The quantitative estimate of drug-likeness (QED) is 0.651. The van der Waals surface area contributed by atoms with Crippen molar-refractivity contribution in [2.24, 2.45) is 0 Å². The van der Waals surface area contributed by atoms with Gasteiger partial charge in [0.25, 0.3) is 0 Å². The van der Waals surface area contributed by atoms with E-state index in [1.165, 1.54) is 0 Å². The minimum absolute atomic E-state index is 0.115. The SMILES string of the molecule is CN1CCC(=O)c2cccc(O)c21. The van der Waals surface area contributed by atoms with Crippen molar-refractivity contribution in [3.05, 3.63) is 23.8 Å². The number of nitrogens with zero attached hydrogens (tertiary/aromatic N) is 1. The lowest BCUT2D eigenvalue weighted by Crippen LogP contribution is -2.28. The highest BCUT2D eigenvalue weighted by Gasteiger charge is 2.22. The molecule has 1 N–H and O–H groups in total. The van der Waals surface area contributed by atoms with Crippen molar-refractivity contribution >= 4 is 11.5 Å². The molecule has 0 radical (unpaired) electrons. The van der Waals surface area contributed by atoms with Crippen molar-refractivity contribution < 1.29 is 9.90 Å². The van der Waals surface area contributed by atoms with Gasteiger partial charge in [-0.05, 0) is 12.1 Å². The highest BCUT2D eigenvalue weighted by atomic mass is 16.3. The Morgan fingerprint density at radius 1 is 1.46 bits per heavy atom. The Balaban J connectivity index is 2.63. The van der Waals surface area contributed by atoms with Crippen molar-refractivity contribution in [1.82, 2.24) is 0 Å². The fourth-order valence-electron chi connectivity index (χ4n) is 1.67. The minimum Gasteiger partial charge on any atom is -0.506 e. The number of ketones is 1. The Morgan fingerprint density at radius 3 is 2.92 bits per heavy atom. The summed E-state index contributed by atoms with van der Waals surface area (Å²) in [5.41, 5.74) is 1.30. The molecule has 2 rings (SSSR count). The first-order valence-corrected chi connectivity index (χ1v) is 4.26. The highest BCUT2D eigenvalue weighted by Crippen LogP contribution is 2.33. The summed E-state index contributed by atoms with van der Waals surface area (Å²) >= 11 is 0. The number of rotatable bonds is 0. The molecule has 0 saturated carbocycles. The lowest BCUT2D eigenvalue weighted by atomic mass is 10.0. The Morgan fingerprint density at radius 2 is 2.23 bits per heavy atom. The second-order valence-corrected chi connectivity index (χ2v) is 3.27. The molecule has 0 fully saturated rings. The summed E-state index contributed by atoms with van der Waals surface area (Å²) in [4.78, 5) is 13.4. The second-order valence-electron chi connectivity index (χ2n) is 3.27. The van der Waals surface area contributed by atoms with Gasteiger partial charge in [0.2, 0.25) is 0 Å². The van der Waals surface area contributed by atoms with E-state index in [9.17, 15) is 9.90 Å². The molecule has 0 aromatic heterocycles. The van der Waals surface area contributed by atoms with Gasteiger partial charge in [0.15, 0.2) is 5.78 Å². The first kappa shape index (κ1) is 8.10. The van der Waals surface area contributed by atoms with Gasteiger partial charge in [-0.25, -0.2) is 0 Å². The van der Waals surface area contributed by atoms with Gasteiger partial charge in [-0.1, -0.05) is 6.07 Å². The number of carbonyl (C=O) groups excluding carboxylic acids is 1. The number of phenolic OH excluding ortho intramolecular Hbond substituents is 1. The van der Waals surface area contributed by atoms with Crippen LogP contribution in [0.15, 0.2) is 18.2 Å². The normalized spacial score (nSPS) is 15.8. The van der Waals surface area contributed by atoms with E-state index in [4.69, 9.17) is 0 Å². The number of para-hydroxylation sites is 1. The fourth-order valence-corrected chi connectivity index (χ4v) is 1.67. The summed E-state index contributed by atoms with van der Waals surface area (Å²) in [5, 5.41) is 9.55. The van der Waals surface area contributed by atoms with E-state index in [1.807, 2.05) is 11.9 Å². The van der Waals surface area contributed by atoms with Gasteiger partial charge < -0.3 is 10.0 Å². The number of Topliss-reactive ketones (excluding diaryl/α,β-unsaturated/α-hetero) is 1. The first-order chi connectivity index (χ1) is 6.20. The highest BCUT2D eigenvalue weighted by molar-refractivity contribution is 6.04. The van der Waals surface area contributed by atoms with E-state index in [2.05, 4.69) is 0 Å². The maximum Gasteiger partial charge on any atom is 0.166 e. The number of phenols is 1. The van der Waals surface area contributed by atoms with E-state index in [1.54, 1.807) is 18.2 Å². The summed E-state index contributed by atoms with van der Waals surface area (Å²) in [6, 6.07) is 5.06. The molecule has 1 aliphatic rings. The van der Waals surface area contributed by atoms with E-state index in [0.29, 0.717) is 24.2 Å². The molecule has 1 heterocycles. The van der Waals surface area contributed by atoms with Crippen LogP contribution < -0.4 is 4.90 Å². The van der Waals surface area contributed by atoms with Gasteiger partial charge in [-0.3, -0.25) is 4.79 Å². The molecule has 13 heavy (non-hydrogen) atoms. The van der Waals surface area contributed by atoms with Gasteiger partial charge >= 0.3 is 0 Å². The van der Waals surface area contributed by atoms with Crippen LogP contribution in [-0.4, -0.2) is 24.5 Å². The zero-order valence-electron chi connectivity index (χ0n) is 7.45. The van der Waals surface area contributed by atoms with Crippen LogP contribution >= 0.6 is 0 Å². The monoisotopic (exact) mass is 177 g/mol. The number of fused-ring (bicyclic) bond motifs is 1. The Hall–Kier alpha value is -1.51. The molecule has 3 heteroatoms. The van der Waals surface area contributed by atoms with Gasteiger partial charge in [0.05, 0.1) is 5.69 Å². The van der Waals surface area contributed by atoms with E-state index < -0.39 is 0 Å². The third kappa shape index (κ3) is 1.16. The molecule has 1 aromatic carbocycles. The lowest BCUT2D eigenvalue weighted by molar-refractivity contribution is 0.0980. The van der Waals surface area contributed by atoms with Crippen LogP contribution in [0.5, 0.6) is 5.75 Å². The van der Waals surface area contributed by atoms with Crippen LogP contribution in [0, 0.1) is 0 Å². The molecular weight excluding hydrogens is 166 g/mol. The minimum atomic E-state index is 0.115. The maximum atomic E-state index is 11.4. The van der Waals surface area contributed by atoms with E-state index in [0.717, 1.165) is 0 Å². The van der Waals surface area contributed by atoms with Gasteiger partial charge in [-0.15, -0.1) is 0 Å². The van der Waals surface area contributed by atoms with Crippen LogP contribution in [0.3, 0.4) is 0 Å². The lowest BCUT2D eigenvalue weighted by Gasteiger charge is -2.26. The van der Waals surface area contributed by atoms with Crippen LogP contribution in [0.25, 0.3) is 0 Å². The number of hydrogen-bond acceptors (Lipinski definition) is 3. The first-order valence-electron chi connectivity index (χ1n) is 4.26. The van der Waals surface area contributed by atoms with Gasteiger partial charge in [0.1, 0.15) is 5.75 Å². The topological polar surface area (TPSA) is 40.5 Å². The Kier molecular flexibility index (Phi) is 1.72. The average Bonchev–Trinajstić information content (AvgIpc) is 2.12. The van der Waals surface area contributed by atoms with Gasteiger partial charge in [0, 0.05) is 25.6 Å². The Labute approximate surface area is 76.6 Å².